The topological polar surface area (TPSA) is 9.23 Å². The summed E-state index contributed by atoms with van der Waals surface area (Å²) in [6.45, 7) is 2.07. The quantitative estimate of drug-likeness (QED) is 0.662. The molecule has 0 spiro atoms. The van der Waals surface area contributed by atoms with Crippen molar-refractivity contribution in [1.82, 2.24) is 0 Å². The van der Waals surface area contributed by atoms with Crippen molar-refractivity contribution >= 4 is 11.6 Å². The Bertz CT molecular complexity index is 245. The van der Waals surface area contributed by atoms with E-state index in [9.17, 15) is 0 Å². The van der Waals surface area contributed by atoms with Gasteiger partial charge in [0.1, 0.15) is 5.75 Å². The number of hydrogen-bond donors (Lipinski definition) is 0. The third-order valence-corrected chi connectivity index (χ3v) is 1.82. The summed E-state index contributed by atoms with van der Waals surface area (Å²) in [4.78, 5) is 0. The summed E-state index contributed by atoms with van der Waals surface area (Å²) in [7, 11) is 1.61. The molecule has 0 aliphatic heterocycles. The van der Waals surface area contributed by atoms with Gasteiger partial charge in [-0.25, -0.2) is 0 Å². The van der Waals surface area contributed by atoms with Crippen LogP contribution in [0.25, 0.3) is 0 Å². The van der Waals surface area contributed by atoms with E-state index in [-0.39, 0.29) is 0 Å². The molecule has 0 N–H and O–H groups in total. The zero-order valence-electron chi connectivity index (χ0n) is 6.65. The summed E-state index contributed by atoms with van der Waals surface area (Å²) in [5.41, 5.74) is 1.12. The standard InChI is InChI=1S/C9H10ClO/c1-3-7-4-5-8(10)9(6-7)11-2/h5-6H,3H2,1-2H3. The van der Waals surface area contributed by atoms with Crippen molar-refractivity contribution in [2.24, 2.45) is 0 Å². The van der Waals surface area contributed by atoms with Crippen LogP contribution in [0, 0.1) is 6.07 Å². The molecule has 1 rings (SSSR count). The molecule has 0 fully saturated rings. The Balaban J connectivity index is 3.02. The molecule has 2 heteroatoms. The highest BCUT2D eigenvalue weighted by atomic mass is 35.5. The molecule has 0 aromatic heterocycles. The Morgan fingerprint density at radius 1 is 1.64 bits per heavy atom. The van der Waals surface area contributed by atoms with Crippen LogP contribution in [0.2, 0.25) is 5.02 Å². The lowest BCUT2D eigenvalue weighted by atomic mass is 10.2. The Labute approximate surface area is 71.9 Å². The fourth-order valence-corrected chi connectivity index (χ4v) is 1.04. The Morgan fingerprint density at radius 2 is 2.36 bits per heavy atom. The van der Waals surface area contributed by atoms with Crippen LogP contribution >= 0.6 is 11.6 Å². The van der Waals surface area contributed by atoms with E-state index in [1.807, 2.05) is 6.07 Å². The molecule has 0 saturated heterocycles. The molecule has 0 saturated carbocycles. The van der Waals surface area contributed by atoms with Crippen molar-refractivity contribution in [3.8, 4) is 5.75 Å². The van der Waals surface area contributed by atoms with Crippen molar-refractivity contribution in [2.75, 3.05) is 7.11 Å². The summed E-state index contributed by atoms with van der Waals surface area (Å²) in [6.07, 6.45) is 0.952. The van der Waals surface area contributed by atoms with Crippen molar-refractivity contribution in [3.05, 3.63) is 28.8 Å². The molecular weight excluding hydrogens is 160 g/mol. The summed E-state index contributed by atoms with van der Waals surface area (Å²) < 4.78 is 5.04. The van der Waals surface area contributed by atoms with Gasteiger partial charge >= 0.3 is 0 Å². The number of methoxy groups -OCH3 is 1. The third-order valence-electron chi connectivity index (χ3n) is 1.53. The fourth-order valence-electron chi connectivity index (χ4n) is 0.857. The van der Waals surface area contributed by atoms with Gasteiger partial charge in [0, 0.05) is 0 Å². The predicted octanol–water partition coefficient (Wildman–Crippen LogP) is 2.71. The van der Waals surface area contributed by atoms with E-state index in [4.69, 9.17) is 16.3 Å². The number of hydrogen-bond acceptors (Lipinski definition) is 1. The van der Waals surface area contributed by atoms with Crippen LogP contribution in [-0.2, 0) is 6.42 Å². The monoisotopic (exact) mass is 169 g/mol. The van der Waals surface area contributed by atoms with Gasteiger partial charge in [-0.1, -0.05) is 18.5 Å². The number of benzene rings is 1. The molecule has 11 heavy (non-hydrogen) atoms. The minimum absolute atomic E-state index is 0.615. The second-order valence-corrected chi connectivity index (χ2v) is 2.64. The normalized spacial score (nSPS) is 9.73. The molecule has 59 valence electrons. The predicted molar refractivity (Wildman–Crippen MR) is 46.2 cm³/mol. The maximum atomic E-state index is 5.80. The van der Waals surface area contributed by atoms with Gasteiger partial charge in [-0.05, 0) is 30.2 Å². The second-order valence-electron chi connectivity index (χ2n) is 2.23. The molecule has 1 radical (unpaired) electrons. The van der Waals surface area contributed by atoms with Crippen molar-refractivity contribution < 1.29 is 4.74 Å². The first-order valence-corrected chi connectivity index (χ1v) is 3.89. The minimum atomic E-state index is 0.615. The molecule has 0 heterocycles. The Hall–Kier alpha value is -0.690. The molecule has 0 unspecified atom stereocenters. The highest BCUT2D eigenvalue weighted by molar-refractivity contribution is 6.32. The van der Waals surface area contributed by atoms with Crippen molar-refractivity contribution in [3.63, 3.8) is 0 Å². The lowest BCUT2D eigenvalue weighted by Crippen LogP contribution is -1.86. The highest BCUT2D eigenvalue weighted by Crippen LogP contribution is 2.24. The lowest BCUT2D eigenvalue weighted by molar-refractivity contribution is 0.414. The molecule has 1 aromatic rings. The third kappa shape index (κ3) is 1.87. The zero-order chi connectivity index (χ0) is 8.27. The molecule has 1 nitrogen and oxygen atoms in total. The van der Waals surface area contributed by atoms with Crippen LogP contribution in [0.3, 0.4) is 0 Å². The van der Waals surface area contributed by atoms with Gasteiger partial charge in [-0.15, -0.1) is 0 Å². The summed E-state index contributed by atoms with van der Waals surface area (Å²) in [6, 6.07) is 6.69. The average Bonchev–Trinajstić information content (AvgIpc) is 2.05. The number of halogens is 1. The van der Waals surface area contributed by atoms with E-state index >= 15 is 0 Å². The SMILES string of the molecule is CCc1[c]cc(Cl)c(OC)c1. The molecule has 0 amide bonds. The fraction of sp³-hybridized carbons (Fsp3) is 0.333. The van der Waals surface area contributed by atoms with E-state index < -0.39 is 0 Å². The first-order valence-electron chi connectivity index (χ1n) is 3.52. The maximum absolute atomic E-state index is 5.80. The van der Waals surface area contributed by atoms with E-state index in [0.717, 1.165) is 17.7 Å². The summed E-state index contributed by atoms with van der Waals surface area (Å²) >= 11 is 5.80. The van der Waals surface area contributed by atoms with E-state index in [2.05, 4.69) is 13.0 Å². The largest absolute Gasteiger partial charge is 0.495 e. The lowest BCUT2D eigenvalue weighted by Gasteiger charge is -2.03. The van der Waals surface area contributed by atoms with Gasteiger partial charge in [0.2, 0.25) is 0 Å². The smallest absolute Gasteiger partial charge is 0.137 e. The average molecular weight is 170 g/mol. The number of ether oxygens (including phenoxy) is 1. The number of aryl methyl sites for hydroxylation is 1. The molecule has 0 aliphatic carbocycles. The molecule has 0 aliphatic rings. The van der Waals surface area contributed by atoms with E-state index in [1.165, 1.54) is 0 Å². The minimum Gasteiger partial charge on any atom is -0.495 e. The van der Waals surface area contributed by atoms with E-state index in [0.29, 0.717) is 5.02 Å². The zero-order valence-corrected chi connectivity index (χ0v) is 7.40. The van der Waals surface area contributed by atoms with Gasteiger partial charge in [-0.3, -0.25) is 0 Å². The van der Waals surface area contributed by atoms with Gasteiger partial charge in [0.05, 0.1) is 12.1 Å². The highest BCUT2D eigenvalue weighted by Gasteiger charge is 1.99. The van der Waals surface area contributed by atoms with Crippen LogP contribution in [0.4, 0.5) is 0 Å². The van der Waals surface area contributed by atoms with Crippen LogP contribution in [0.15, 0.2) is 12.1 Å². The van der Waals surface area contributed by atoms with Crippen LogP contribution < -0.4 is 4.74 Å². The first-order chi connectivity index (χ1) is 5.27. The van der Waals surface area contributed by atoms with E-state index in [1.54, 1.807) is 13.2 Å². The summed E-state index contributed by atoms with van der Waals surface area (Å²) in [5.74, 6) is 0.724. The molecule has 1 aromatic carbocycles. The number of rotatable bonds is 2. The maximum Gasteiger partial charge on any atom is 0.137 e. The molecule has 0 bridgehead atoms. The van der Waals surface area contributed by atoms with Gasteiger partial charge in [0.25, 0.3) is 0 Å². The van der Waals surface area contributed by atoms with Crippen LogP contribution in [0.5, 0.6) is 5.75 Å². The first kappa shape index (κ1) is 8.41. The van der Waals surface area contributed by atoms with Gasteiger partial charge < -0.3 is 4.74 Å². The molecule has 0 atom stereocenters. The molecular formula is C9H10ClO. The van der Waals surface area contributed by atoms with Crippen molar-refractivity contribution in [2.45, 2.75) is 13.3 Å². The summed E-state index contributed by atoms with van der Waals surface area (Å²) in [5, 5.41) is 0.615. The Morgan fingerprint density at radius 3 is 2.91 bits per heavy atom. The van der Waals surface area contributed by atoms with Crippen LogP contribution in [-0.4, -0.2) is 7.11 Å². The Kier molecular flexibility index (Phi) is 2.77. The van der Waals surface area contributed by atoms with Gasteiger partial charge in [0.15, 0.2) is 0 Å². The van der Waals surface area contributed by atoms with Gasteiger partial charge in [-0.2, -0.15) is 0 Å². The second kappa shape index (κ2) is 3.63. The van der Waals surface area contributed by atoms with Crippen molar-refractivity contribution in [1.29, 1.82) is 0 Å². The van der Waals surface area contributed by atoms with Crippen LogP contribution in [0.1, 0.15) is 12.5 Å².